The van der Waals surface area contributed by atoms with Crippen molar-refractivity contribution in [3.8, 4) is 6.07 Å². The molecule has 2 aliphatic rings. The van der Waals surface area contributed by atoms with E-state index < -0.39 is 0 Å². The van der Waals surface area contributed by atoms with Crippen LogP contribution in [0.1, 0.15) is 37.4 Å². The van der Waals surface area contributed by atoms with Crippen molar-refractivity contribution in [2.45, 2.75) is 33.1 Å². The molecule has 160 valence electrons. The number of aryl methyl sites for hydroxylation is 1. The Kier molecular flexibility index (Phi) is 6.03. The molecule has 0 radical (unpaired) electrons. The molecule has 8 nitrogen and oxygen atoms in total. The van der Waals surface area contributed by atoms with Gasteiger partial charge in [0.1, 0.15) is 17.5 Å². The molecule has 2 aromatic rings. The van der Waals surface area contributed by atoms with Gasteiger partial charge >= 0.3 is 0 Å². The second kappa shape index (κ2) is 9.04. The van der Waals surface area contributed by atoms with Crippen LogP contribution in [0.4, 0.5) is 17.3 Å². The number of amides is 1. The van der Waals surface area contributed by atoms with Gasteiger partial charge in [-0.2, -0.15) is 5.26 Å². The molecule has 1 amide bonds. The minimum Gasteiger partial charge on any atom is -0.354 e. The van der Waals surface area contributed by atoms with E-state index >= 15 is 0 Å². The normalized spacial score (nSPS) is 16.7. The first-order valence-corrected chi connectivity index (χ1v) is 10.8. The fourth-order valence-corrected chi connectivity index (χ4v) is 4.07. The number of aromatic nitrogens is 2. The predicted molar refractivity (Wildman–Crippen MR) is 121 cm³/mol. The molecule has 8 heteroatoms. The number of nitrogens with zero attached hydrogens (tertiary/aromatic N) is 5. The van der Waals surface area contributed by atoms with Crippen LogP contribution in [-0.4, -0.2) is 47.0 Å². The first kappa shape index (κ1) is 20.7. The topological polar surface area (TPSA) is 97.2 Å². The highest BCUT2D eigenvalue weighted by molar-refractivity contribution is 5.91. The largest absolute Gasteiger partial charge is 0.354 e. The van der Waals surface area contributed by atoms with Crippen molar-refractivity contribution >= 4 is 28.8 Å². The average Bonchev–Trinajstić information content (AvgIpc) is 3.36. The summed E-state index contributed by atoms with van der Waals surface area (Å²) in [4.78, 5) is 24.8. The van der Waals surface area contributed by atoms with Gasteiger partial charge in [0.15, 0.2) is 0 Å². The number of para-hydroxylation sites is 2. The highest BCUT2D eigenvalue weighted by Gasteiger charge is 2.27. The van der Waals surface area contributed by atoms with E-state index in [1.165, 1.54) is 0 Å². The Morgan fingerprint density at radius 1 is 1.35 bits per heavy atom. The molecule has 0 bridgehead atoms. The summed E-state index contributed by atoms with van der Waals surface area (Å²) in [6.07, 6.45) is 4.18. The van der Waals surface area contributed by atoms with Gasteiger partial charge in [0.2, 0.25) is 11.9 Å². The SMILES string of the molecule is CCN1/C(=C(\C#N)c2nc(NCCCN3CCCC3=O)ncc2C)Nc2ccccc21. The summed E-state index contributed by atoms with van der Waals surface area (Å²) in [7, 11) is 0. The molecule has 3 heterocycles. The summed E-state index contributed by atoms with van der Waals surface area (Å²) in [5.41, 5.74) is 3.97. The fourth-order valence-electron chi connectivity index (χ4n) is 4.07. The van der Waals surface area contributed by atoms with Crippen LogP contribution in [0.5, 0.6) is 0 Å². The summed E-state index contributed by atoms with van der Waals surface area (Å²) in [6.45, 7) is 6.96. The Labute approximate surface area is 182 Å². The van der Waals surface area contributed by atoms with Gasteiger partial charge in [-0.3, -0.25) is 4.79 Å². The predicted octanol–water partition coefficient (Wildman–Crippen LogP) is 3.35. The molecule has 2 aliphatic heterocycles. The van der Waals surface area contributed by atoms with Gasteiger partial charge in [-0.1, -0.05) is 12.1 Å². The van der Waals surface area contributed by atoms with Crippen LogP contribution in [0.3, 0.4) is 0 Å². The smallest absolute Gasteiger partial charge is 0.223 e. The Bertz CT molecular complexity index is 1060. The second-order valence-corrected chi connectivity index (χ2v) is 7.71. The highest BCUT2D eigenvalue weighted by atomic mass is 16.2. The van der Waals surface area contributed by atoms with E-state index in [1.807, 2.05) is 36.1 Å². The molecule has 0 aliphatic carbocycles. The number of carbonyl (C=O) groups is 1. The molecule has 2 N–H and O–H groups in total. The van der Waals surface area contributed by atoms with Gasteiger partial charge in [0, 0.05) is 38.8 Å². The maximum atomic E-state index is 11.7. The molecule has 0 unspecified atom stereocenters. The maximum absolute atomic E-state index is 11.7. The van der Waals surface area contributed by atoms with E-state index in [1.54, 1.807) is 6.20 Å². The number of hydrogen-bond donors (Lipinski definition) is 2. The molecular formula is C23H27N7O. The van der Waals surface area contributed by atoms with Gasteiger partial charge in [0.05, 0.1) is 17.1 Å². The molecule has 1 fully saturated rings. The van der Waals surface area contributed by atoms with Crippen LogP contribution in [0.25, 0.3) is 5.57 Å². The Morgan fingerprint density at radius 2 is 2.19 bits per heavy atom. The molecule has 0 saturated carbocycles. The molecule has 31 heavy (non-hydrogen) atoms. The third-order valence-electron chi connectivity index (χ3n) is 5.65. The lowest BCUT2D eigenvalue weighted by atomic mass is 10.1. The number of anilines is 3. The number of nitrogens with one attached hydrogen (secondary N) is 2. The number of allylic oxidation sites excluding steroid dienone is 1. The molecule has 4 rings (SSSR count). The van der Waals surface area contributed by atoms with Crippen molar-refractivity contribution in [2.75, 3.05) is 41.7 Å². The molecular weight excluding hydrogens is 390 g/mol. The monoisotopic (exact) mass is 417 g/mol. The van der Waals surface area contributed by atoms with Crippen molar-refractivity contribution in [2.24, 2.45) is 0 Å². The number of carbonyl (C=O) groups excluding carboxylic acids is 1. The molecule has 1 saturated heterocycles. The zero-order valence-electron chi connectivity index (χ0n) is 18.0. The third kappa shape index (κ3) is 4.17. The van der Waals surface area contributed by atoms with Gasteiger partial charge in [0.25, 0.3) is 0 Å². The summed E-state index contributed by atoms with van der Waals surface area (Å²) < 4.78 is 0. The zero-order valence-corrected chi connectivity index (χ0v) is 18.0. The van der Waals surface area contributed by atoms with Crippen molar-refractivity contribution in [3.05, 3.63) is 47.5 Å². The van der Waals surface area contributed by atoms with Gasteiger partial charge < -0.3 is 20.4 Å². The maximum Gasteiger partial charge on any atom is 0.223 e. The highest BCUT2D eigenvalue weighted by Crippen LogP contribution is 2.38. The lowest BCUT2D eigenvalue weighted by molar-refractivity contribution is -0.127. The van der Waals surface area contributed by atoms with Crippen LogP contribution in [-0.2, 0) is 4.79 Å². The van der Waals surface area contributed by atoms with Crippen LogP contribution in [0.15, 0.2) is 36.3 Å². The van der Waals surface area contributed by atoms with E-state index in [4.69, 9.17) is 0 Å². The van der Waals surface area contributed by atoms with Crippen LogP contribution in [0, 0.1) is 18.3 Å². The van der Waals surface area contributed by atoms with E-state index in [-0.39, 0.29) is 5.91 Å². The molecule has 1 aromatic carbocycles. The number of hydrogen-bond acceptors (Lipinski definition) is 7. The Hall–Kier alpha value is -3.60. The average molecular weight is 418 g/mol. The van der Waals surface area contributed by atoms with Gasteiger partial charge in [-0.25, -0.2) is 9.97 Å². The van der Waals surface area contributed by atoms with Crippen molar-refractivity contribution in [1.82, 2.24) is 14.9 Å². The lowest BCUT2D eigenvalue weighted by Crippen LogP contribution is -2.27. The molecule has 0 spiro atoms. The van der Waals surface area contributed by atoms with Crippen molar-refractivity contribution in [1.29, 1.82) is 5.26 Å². The van der Waals surface area contributed by atoms with Gasteiger partial charge in [-0.15, -0.1) is 0 Å². The Morgan fingerprint density at radius 3 is 2.94 bits per heavy atom. The number of nitriles is 1. The summed E-state index contributed by atoms with van der Waals surface area (Å²) in [5.74, 6) is 1.47. The fraction of sp³-hybridized carbons (Fsp3) is 0.391. The molecule has 1 aromatic heterocycles. The van der Waals surface area contributed by atoms with Crippen molar-refractivity contribution < 1.29 is 4.79 Å². The number of rotatable bonds is 7. The van der Waals surface area contributed by atoms with E-state index in [9.17, 15) is 10.1 Å². The van der Waals surface area contributed by atoms with Crippen molar-refractivity contribution in [3.63, 3.8) is 0 Å². The van der Waals surface area contributed by atoms with Crippen LogP contribution < -0.4 is 15.5 Å². The first-order valence-electron chi connectivity index (χ1n) is 10.8. The van der Waals surface area contributed by atoms with E-state index in [0.29, 0.717) is 30.2 Å². The first-order chi connectivity index (χ1) is 15.1. The summed E-state index contributed by atoms with van der Waals surface area (Å²) >= 11 is 0. The number of likely N-dealkylation sites (tertiary alicyclic amines) is 1. The minimum absolute atomic E-state index is 0.240. The summed E-state index contributed by atoms with van der Waals surface area (Å²) in [6, 6.07) is 10.4. The number of fused-ring (bicyclic) bond motifs is 1. The second-order valence-electron chi connectivity index (χ2n) is 7.71. The molecule has 0 atom stereocenters. The quantitative estimate of drug-likeness (QED) is 0.527. The van der Waals surface area contributed by atoms with E-state index in [0.717, 1.165) is 55.2 Å². The zero-order chi connectivity index (χ0) is 21.8. The van der Waals surface area contributed by atoms with Crippen LogP contribution in [0.2, 0.25) is 0 Å². The third-order valence-corrected chi connectivity index (χ3v) is 5.65. The van der Waals surface area contributed by atoms with Gasteiger partial charge in [-0.05, 0) is 44.4 Å². The lowest BCUT2D eigenvalue weighted by Gasteiger charge is -2.19. The Balaban J connectivity index is 1.52. The standard InChI is InChI=1S/C23H27N7O/c1-3-30-19-9-5-4-8-18(19)27-22(30)17(14-24)21-16(2)15-26-23(28-21)25-11-7-13-29-12-6-10-20(29)31/h4-5,8-9,15,27H,3,6-7,10-13H2,1-2H3,(H,25,26,28)/b22-17+. The summed E-state index contributed by atoms with van der Waals surface area (Å²) in [5, 5.41) is 16.6. The van der Waals surface area contributed by atoms with Crippen LogP contribution >= 0.6 is 0 Å². The number of benzene rings is 1. The minimum atomic E-state index is 0.240. The van der Waals surface area contributed by atoms with E-state index in [2.05, 4.69) is 38.5 Å².